The summed E-state index contributed by atoms with van der Waals surface area (Å²) in [5, 5.41) is 0. The number of hydrogen-bond acceptors (Lipinski definition) is 5. The minimum absolute atomic E-state index is 0. The molecule has 2 aromatic rings. The maximum absolute atomic E-state index is 6.12. The zero-order chi connectivity index (χ0) is 15.4. The van der Waals surface area contributed by atoms with Crippen LogP contribution in [0, 0.1) is 6.92 Å². The van der Waals surface area contributed by atoms with Crippen molar-refractivity contribution >= 4 is 47.2 Å². The topological polar surface area (TPSA) is 70.6 Å². The molecule has 0 aliphatic carbocycles. The van der Waals surface area contributed by atoms with Gasteiger partial charge in [-0.1, -0.05) is 0 Å². The minimum atomic E-state index is 0. The summed E-state index contributed by atoms with van der Waals surface area (Å²) in [6.45, 7) is 6.17. The fraction of sp³-hybridized carbons (Fsp3) is 0.400. The van der Waals surface area contributed by atoms with Crippen LogP contribution in [0.1, 0.15) is 9.75 Å². The van der Waals surface area contributed by atoms with Gasteiger partial charge in [0.15, 0.2) is 5.96 Å². The van der Waals surface area contributed by atoms with E-state index in [9.17, 15) is 0 Å². The third-order valence-corrected chi connectivity index (χ3v) is 4.62. The second-order valence-electron chi connectivity index (χ2n) is 5.21. The molecule has 1 aliphatic heterocycles. The highest BCUT2D eigenvalue weighted by molar-refractivity contribution is 14.0. The fourth-order valence-electron chi connectivity index (χ4n) is 2.42. The zero-order valence-electron chi connectivity index (χ0n) is 13.1. The van der Waals surface area contributed by atoms with Gasteiger partial charge in [0.1, 0.15) is 0 Å². The third kappa shape index (κ3) is 4.77. The van der Waals surface area contributed by atoms with Crippen molar-refractivity contribution in [1.82, 2.24) is 14.9 Å². The molecule has 2 N–H and O–H groups in total. The van der Waals surface area contributed by atoms with Crippen molar-refractivity contribution in [2.24, 2.45) is 10.7 Å². The number of piperazine rings is 1. The summed E-state index contributed by atoms with van der Waals surface area (Å²) < 4.78 is 0. The summed E-state index contributed by atoms with van der Waals surface area (Å²) in [5.74, 6) is 1.41. The van der Waals surface area contributed by atoms with Crippen molar-refractivity contribution in [2.75, 3.05) is 31.1 Å². The monoisotopic (exact) mass is 444 g/mol. The first-order valence-electron chi connectivity index (χ1n) is 7.34. The Hall–Kier alpha value is -1.42. The van der Waals surface area contributed by atoms with Crippen LogP contribution in [0.2, 0.25) is 0 Å². The number of aromatic nitrogens is 2. The van der Waals surface area contributed by atoms with E-state index in [0.717, 1.165) is 32.1 Å². The van der Waals surface area contributed by atoms with Crippen LogP contribution in [0.25, 0.3) is 0 Å². The molecule has 0 spiro atoms. The van der Waals surface area contributed by atoms with Crippen LogP contribution in [0.4, 0.5) is 5.95 Å². The second kappa shape index (κ2) is 8.44. The maximum Gasteiger partial charge on any atom is 0.225 e. The molecule has 0 saturated carbocycles. The van der Waals surface area contributed by atoms with Gasteiger partial charge in [0, 0.05) is 48.3 Å². The molecule has 6 nitrogen and oxygen atoms in total. The van der Waals surface area contributed by atoms with Gasteiger partial charge >= 0.3 is 0 Å². The van der Waals surface area contributed by atoms with Crippen LogP contribution in [0.3, 0.4) is 0 Å². The Morgan fingerprint density at radius 1 is 1.22 bits per heavy atom. The number of halogens is 1. The Labute approximate surface area is 157 Å². The van der Waals surface area contributed by atoms with Gasteiger partial charge in [-0.2, -0.15) is 0 Å². The number of nitrogens with two attached hydrogens (primary N) is 1. The fourth-order valence-corrected chi connectivity index (χ4v) is 3.23. The maximum atomic E-state index is 6.12. The standard InChI is InChI=1S/C15H20N6S.HI/c1-12-3-4-13(22-12)11-19-14(16)20-7-9-21(10-8-20)15-17-5-2-6-18-15;/h2-6H,7-11H2,1H3,(H2,16,19);1H. The molecule has 0 radical (unpaired) electrons. The molecule has 1 fully saturated rings. The lowest BCUT2D eigenvalue weighted by Gasteiger charge is -2.35. The highest BCUT2D eigenvalue weighted by atomic mass is 127. The van der Waals surface area contributed by atoms with E-state index in [1.165, 1.54) is 9.75 Å². The number of aliphatic imine (C=N–C) groups is 1. The number of guanidine groups is 1. The molecule has 8 heteroatoms. The normalized spacial score (nSPS) is 15.4. The first-order valence-corrected chi connectivity index (χ1v) is 8.16. The molecular formula is C15H21IN6S. The van der Waals surface area contributed by atoms with Crippen molar-refractivity contribution < 1.29 is 0 Å². The van der Waals surface area contributed by atoms with Gasteiger partial charge in [-0.25, -0.2) is 15.0 Å². The second-order valence-corrected chi connectivity index (χ2v) is 6.58. The molecule has 1 aliphatic rings. The molecule has 3 rings (SSSR count). The van der Waals surface area contributed by atoms with Gasteiger partial charge in [0.05, 0.1) is 6.54 Å². The first kappa shape index (κ1) is 17.9. The average Bonchev–Trinajstić information content (AvgIpc) is 2.99. The number of thiophene rings is 1. The van der Waals surface area contributed by atoms with Crippen molar-refractivity contribution in [3.05, 3.63) is 40.3 Å². The number of nitrogens with zero attached hydrogens (tertiary/aromatic N) is 5. The molecule has 23 heavy (non-hydrogen) atoms. The van der Waals surface area contributed by atoms with E-state index in [-0.39, 0.29) is 24.0 Å². The molecule has 0 atom stereocenters. The van der Waals surface area contributed by atoms with E-state index in [1.54, 1.807) is 23.7 Å². The van der Waals surface area contributed by atoms with E-state index in [2.05, 4.69) is 43.8 Å². The summed E-state index contributed by atoms with van der Waals surface area (Å²) in [6.07, 6.45) is 3.54. The van der Waals surface area contributed by atoms with E-state index < -0.39 is 0 Å². The zero-order valence-corrected chi connectivity index (χ0v) is 16.2. The highest BCUT2D eigenvalue weighted by Gasteiger charge is 2.19. The predicted molar refractivity (Wildman–Crippen MR) is 106 cm³/mol. The van der Waals surface area contributed by atoms with Crippen molar-refractivity contribution in [2.45, 2.75) is 13.5 Å². The molecular weight excluding hydrogens is 423 g/mol. The molecule has 0 unspecified atom stereocenters. The van der Waals surface area contributed by atoms with E-state index in [0.29, 0.717) is 12.5 Å². The van der Waals surface area contributed by atoms with Crippen LogP contribution < -0.4 is 10.6 Å². The van der Waals surface area contributed by atoms with E-state index >= 15 is 0 Å². The summed E-state index contributed by atoms with van der Waals surface area (Å²) in [4.78, 5) is 19.9. The number of rotatable bonds is 3. The molecule has 0 amide bonds. The number of hydrogen-bond donors (Lipinski definition) is 1. The summed E-state index contributed by atoms with van der Waals surface area (Å²) in [6, 6.07) is 6.06. The lowest BCUT2D eigenvalue weighted by atomic mass is 10.3. The molecule has 3 heterocycles. The largest absolute Gasteiger partial charge is 0.370 e. The Balaban J connectivity index is 0.00000192. The van der Waals surface area contributed by atoms with Crippen LogP contribution >= 0.6 is 35.3 Å². The highest BCUT2D eigenvalue weighted by Crippen LogP contribution is 2.16. The first-order chi connectivity index (χ1) is 10.7. The molecule has 1 saturated heterocycles. The third-order valence-electron chi connectivity index (χ3n) is 3.63. The quantitative estimate of drug-likeness (QED) is 0.446. The molecule has 2 aromatic heterocycles. The van der Waals surface area contributed by atoms with Gasteiger partial charge in [-0.3, -0.25) is 0 Å². The lowest BCUT2D eigenvalue weighted by molar-refractivity contribution is 0.378. The van der Waals surface area contributed by atoms with Crippen molar-refractivity contribution in [3.63, 3.8) is 0 Å². The van der Waals surface area contributed by atoms with Gasteiger partial charge in [0.2, 0.25) is 5.95 Å². The smallest absolute Gasteiger partial charge is 0.225 e. The average molecular weight is 444 g/mol. The minimum Gasteiger partial charge on any atom is -0.370 e. The molecule has 124 valence electrons. The Morgan fingerprint density at radius 3 is 2.52 bits per heavy atom. The molecule has 0 aromatic carbocycles. The van der Waals surface area contributed by atoms with Gasteiger partial charge in [0.25, 0.3) is 0 Å². The van der Waals surface area contributed by atoms with Crippen molar-refractivity contribution in [3.8, 4) is 0 Å². The van der Waals surface area contributed by atoms with E-state index in [4.69, 9.17) is 5.73 Å². The number of aryl methyl sites for hydroxylation is 1. The SMILES string of the molecule is Cc1ccc(CN=C(N)N2CCN(c3ncccn3)CC2)s1.I. The Morgan fingerprint density at radius 2 is 1.91 bits per heavy atom. The van der Waals surface area contributed by atoms with Gasteiger partial charge in [-0.15, -0.1) is 35.3 Å². The Kier molecular flexibility index (Phi) is 6.58. The van der Waals surface area contributed by atoms with Crippen molar-refractivity contribution in [1.29, 1.82) is 0 Å². The van der Waals surface area contributed by atoms with Crippen LogP contribution in [-0.4, -0.2) is 47.0 Å². The summed E-state index contributed by atoms with van der Waals surface area (Å²) in [5.41, 5.74) is 6.12. The van der Waals surface area contributed by atoms with E-state index in [1.807, 2.05) is 6.07 Å². The summed E-state index contributed by atoms with van der Waals surface area (Å²) in [7, 11) is 0. The van der Waals surface area contributed by atoms with Gasteiger partial charge < -0.3 is 15.5 Å². The van der Waals surface area contributed by atoms with Gasteiger partial charge in [-0.05, 0) is 25.1 Å². The predicted octanol–water partition coefficient (Wildman–Crippen LogP) is 2.10. The Bertz CT molecular complexity index is 636. The van der Waals surface area contributed by atoms with Crippen LogP contribution in [0.15, 0.2) is 35.6 Å². The van der Waals surface area contributed by atoms with Crippen LogP contribution in [-0.2, 0) is 6.54 Å². The van der Waals surface area contributed by atoms with Crippen LogP contribution in [0.5, 0.6) is 0 Å². The number of anilines is 1. The molecule has 0 bridgehead atoms. The lowest BCUT2D eigenvalue weighted by Crippen LogP contribution is -2.51. The summed E-state index contributed by atoms with van der Waals surface area (Å²) >= 11 is 1.77.